The van der Waals surface area contributed by atoms with Gasteiger partial charge in [0, 0.05) is 19.1 Å². The maximum atomic E-state index is 5.75. The molecule has 0 aromatic carbocycles. The predicted octanol–water partition coefficient (Wildman–Crippen LogP) is 2.03. The Labute approximate surface area is 114 Å². The Bertz CT molecular complexity index is 422. The molecule has 1 saturated carbocycles. The van der Waals surface area contributed by atoms with Gasteiger partial charge in [-0.15, -0.1) is 0 Å². The summed E-state index contributed by atoms with van der Waals surface area (Å²) in [5, 5.41) is 7.65. The van der Waals surface area contributed by atoms with E-state index in [0.717, 1.165) is 44.2 Å². The number of likely N-dealkylation sites (N-methyl/N-ethyl adjacent to an activating group) is 1. The van der Waals surface area contributed by atoms with Crippen molar-refractivity contribution in [1.82, 2.24) is 15.5 Å². The van der Waals surface area contributed by atoms with Crippen molar-refractivity contribution in [3.8, 4) is 0 Å². The molecule has 2 aliphatic rings. The predicted molar refractivity (Wildman–Crippen MR) is 70.7 cm³/mol. The maximum Gasteiger partial charge on any atom is 0.228 e. The molecule has 106 valence electrons. The Morgan fingerprint density at radius 2 is 2.32 bits per heavy atom. The van der Waals surface area contributed by atoms with Crippen molar-refractivity contribution in [2.24, 2.45) is 5.92 Å². The molecule has 0 amide bonds. The average Bonchev–Trinajstić information content (AvgIpc) is 2.97. The fraction of sp³-hybridized carbons (Fsp3) is 0.857. The van der Waals surface area contributed by atoms with E-state index in [9.17, 15) is 0 Å². The molecule has 3 rings (SSSR count). The lowest BCUT2D eigenvalue weighted by Gasteiger charge is -2.17. The second-order valence-corrected chi connectivity index (χ2v) is 5.90. The van der Waals surface area contributed by atoms with Crippen LogP contribution in [0.2, 0.25) is 0 Å². The summed E-state index contributed by atoms with van der Waals surface area (Å²) in [7, 11) is 0. The lowest BCUT2D eigenvalue weighted by atomic mass is 10.0. The summed E-state index contributed by atoms with van der Waals surface area (Å²) in [6.45, 7) is 5.98. The molecular weight excluding hydrogens is 242 g/mol. The molecule has 2 atom stereocenters. The maximum absolute atomic E-state index is 5.75. The van der Waals surface area contributed by atoms with Gasteiger partial charge in [0.1, 0.15) is 5.60 Å². The van der Waals surface area contributed by atoms with Crippen LogP contribution in [0.3, 0.4) is 0 Å². The molecule has 0 spiro atoms. The van der Waals surface area contributed by atoms with Crippen LogP contribution in [0.25, 0.3) is 0 Å². The van der Waals surface area contributed by atoms with E-state index in [2.05, 4.69) is 29.3 Å². The molecule has 1 aromatic heterocycles. The SMILES string of the molecule is CCNC(Cc1nc(C2(C)CCCO2)no1)C1CC1. The van der Waals surface area contributed by atoms with Gasteiger partial charge >= 0.3 is 0 Å². The smallest absolute Gasteiger partial charge is 0.228 e. The lowest BCUT2D eigenvalue weighted by Crippen LogP contribution is -2.33. The van der Waals surface area contributed by atoms with Crippen molar-refractivity contribution in [1.29, 1.82) is 0 Å². The van der Waals surface area contributed by atoms with Crippen LogP contribution in [0, 0.1) is 5.92 Å². The lowest BCUT2D eigenvalue weighted by molar-refractivity contribution is 0.00768. The second-order valence-electron chi connectivity index (χ2n) is 5.90. The van der Waals surface area contributed by atoms with Gasteiger partial charge in [-0.25, -0.2) is 0 Å². The van der Waals surface area contributed by atoms with Gasteiger partial charge in [-0.2, -0.15) is 4.98 Å². The van der Waals surface area contributed by atoms with Crippen LogP contribution in [-0.2, 0) is 16.8 Å². The third-order valence-corrected chi connectivity index (χ3v) is 4.21. The highest BCUT2D eigenvalue weighted by Crippen LogP contribution is 2.35. The van der Waals surface area contributed by atoms with Gasteiger partial charge in [0.25, 0.3) is 0 Å². The largest absolute Gasteiger partial charge is 0.367 e. The standard InChI is InChI=1S/C14H23N3O2/c1-3-15-11(10-5-6-10)9-12-16-13(17-19-12)14(2)7-4-8-18-14/h10-11,15H,3-9H2,1-2H3. The van der Waals surface area contributed by atoms with Gasteiger partial charge in [-0.3, -0.25) is 0 Å². The molecule has 2 unspecified atom stereocenters. The van der Waals surface area contributed by atoms with Crippen LogP contribution < -0.4 is 5.32 Å². The molecule has 19 heavy (non-hydrogen) atoms. The van der Waals surface area contributed by atoms with Crippen molar-refractivity contribution < 1.29 is 9.26 Å². The highest BCUT2D eigenvalue weighted by molar-refractivity contribution is 5.03. The number of hydrogen-bond donors (Lipinski definition) is 1. The van der Waals surface area contributed by atoms with Crippen LogP contribution in [0.4, 0.5) is 0 Å². The Morgan fingerprint density at radius 3 is 2.95 bits per heavy atom. The molecule has 5 nitrogen and oxygen atoms in total. The zero-order valence-corrected chi connectivity index (χ0v) is 11.8. The molecule has 0 radical (unpaired) electrons. The number of aromatic nitrogens is 2. The summed E-state index contributed by atoms with van der Waals surface area (Å²) in [6, 6.07) is 0.482. The Balaban J connectivity index is 1.67. The van der Waals surface area contributed by atoms with Gasteiger partial charge in [0.05, 0.1) is 0 Å². The van der Waals surface area contributed by atoms with Crippen LogP contribution >= 0.6 is 0 Å². The topological polar surface area (TPSA) is 60.2 Å². The summed E-state index contributed by atoms with van der Waals surface area (Å²) in [4.78, 5) is 4.55. The van der Waals surface area contributed by atoms with Crippen LogP contribution in [-0.4, -0.2) is 29.3 Å². The van der Waals surface area contributed by atoms with Crippen LogP contribution in [0.5, 0.6) is 0 Å². The summed E-state index contributed by atoms with van der Waals surface area (Å²) in [5.41, 5.74) is -0.338. The van der Waals surface area contributed by atoms with Crippen molar-refractivity contribution >= 4 is 0 Å². The monoisotopic (exact) mass is 265 g/mol. The first kappa shape index (κ1) is 13.1. The van der Waals surface area contributed by atoms with E-state index in [1.807, 2.05) is 0 Å². The van der Waals surface area contributed by atoms with Gasteiger partial charge in [-0.05, 0) is 45.1 Å². The number of nitrogens with zero attached hydrogens (tertiary/aromatic N) is 2. The number of hydrogen-bond acceptors (Lipinski definition) is 5. The molecule has 0 bridgehead atoms. The normalized spacial score (nSPS) is 28.7. The fourth-order valence-electron chi connectivity index (χ4n) is 2.86. The number of ether oxygens (including phenoxy) is 1. The molecular formula is C14H23N3O2. The van der Waals surface area contributed by atoms with E-state index < -0.39 is 0 Å². The first-order chi connectivity index (χ1) is 9.21. The molecule has 2 fully saturated rings. The number of rotatable bonds is 6. The zero-order chi connectivity index (χ0) is 13.3. The quantitative estimate of drug-likeness (QED) is 0.852. The minimum Gasteiger partial charge on any atom is -0.367 e. The Hall–Kier alpha value is -0.940. The van der Waals surface area contributed by atoms with E-state index in [1.54, 1.807) is 0 Å². The van der Waals surface area contributed by atoms with E-state index in [-0.39, 0.29) is 5.60 Å². The zero-order valence-electron chi connectivity index (χ0n) is 11.8. The van der Waals surface area contributed by atoms with Gasteiger partial charge in [0.15, 0.2) is 0 Å². The van der Waals surface area contributed by atoms with E-state index in [4.69, 9.17) is 9.26 Å². The van der Waals surface area contributed by atoms with Crippen LogP contribution in [0.15, 0.2) is 4.52 Å². The fourth-order valence-corrected chi connectivity index (χ4v) is 2.86. The second kappa shape index (κ2) is 5.21. The minimum absolute atomic E-state index is 0.338. The molecule has 1 saturated heterocycles. The van der Waals surface area contributed by atoms with Crippen molar-refractivity contribution in [2.45, 2.75) is 57.6 Å². The first-order valence-electron chi connectivity index (χ1n) is 7.41. The van der Waals surface area contributed by atoms with E-state index in [0.29, 0.717) is 11.9 Å². The third kappa shape index (κ3) is 2.82. The Kier molecular flexibility index (Phi) is 3.58. The summed E-state index contributed by atoms with van der Waals surface area (Å²) >= 11 is 0. The van der Waals surface area contributed by atoms with Gasteiger partial charge in [0.2, 0.25) is 11.7 Å². The minimum atomic E-state index is -0.338. The van der Waals surface area contributed by atoms with Gasteiger partial charge in [-0.1, -0.05) is 12.1 Å². The van der Waals surface area contributed by atoms with Gasteiger partial charge < -0.3 is 14.6 Å². The van der Waals surface area contributed by atoms with Crippen LogP contribution in [0.1, 0.15) is 51.2 Å². The van der Waals surface area contributed by atoms with E-state index >= 15 is 0 Å². The van der Waals surface area contributed by atoms with E-state index in [1.165, 1.54) is 12.8 Å². The van der Waals surface area contributed by atoms with Crippen molar-refractivity contribution in [3.05, 3.63) is 11.7 Å². The molecule has 2 heterocycles. The first-order valence-corrected chi connectivity index (χ1v) is 7.41. The number of nitrogens with one attached hydrogen (secondary N) is 1. The molecule has 1 N–H and O–H groups in total. The van der Waals surface area contributed by atoms with Crippen molar-refractivity contribution in [3.63, 3.8) is 0 Å². The summed E-state index contributed by atoms with van der Waals surface area (Å²) < 4.78 is 11.2. The van der Waals surface area contributed by atoms with Crippen molar-refractivity contribution in [2.75, 3.05) is 13.2 Å². The third-order valence-electron chi connectivity index (χ3n) is 4.21. The molecule has 5 heteroatoms. The summed E-state index contributed by atoms with van der Waals surface area (Å²) in [6.07, 6.45) is 5.52. The highest BCUT2D eigenvalue weighted by Gasteiger charge is 2.37. The molecule has 1 aromatic rings. The average molecular weight is 265 g/mol. The summed E-state index contributed by atoms with van der Waals surface area (Å²) in [5.74, 6) is 2.24. The highest BCUT2D eigenvalue weighted by atomic mass is 16.5. The Morgan fingerprint density at radius 1 is 1.47 bits per heavy atom. The molecule has 1 aliphatic heterocycles. The molecule has 1 aliphatic carbocycles.